The van der Waals surface area contributed by atoms with Crippen molar-refractivity contribution in [1.29, 1.82) is 0 Å². The monoisotopic (exact) mass is 308 g/mol. The van der Waals surface area contributed by atoms with Crippen LogP contribution in [0, 0.1) is 6.92 Å². The van der Waals surface area contributed by atoms with Gasteiger partial charge in [0.1, 0.15) is 0 Å². The zero-order valence-corrected chi connectivity index (χ0v) is 12.9. The average Bonchev–Trinajstić information content (AvgIpc) is 3.10. The lowest BCUT2D eigenvalue weighted by Gasteiger charge is -2.34. The van der Waals surface area contributed by atoms with Crippen molar-refractivity contribution in [3.8, 4) is 0 Å². The SMILES string of the molecule is Cc1nc([C@@H]2COCCN2C(=O)Cc2cccs2)cs1. The first kappa shape index (κ1) is 13.7. The fourth-order valence-electron chi connectivity index (χ4n) is 2.34. The Bertz CT molecular complexity index is 580. The molecule has 3 rings (SSSR count). The van der Waals surface area contributed by atoms with Gasteiger partial charge in [-0.3, -0.25) is 4.79 Å². The topological polar surface area (TPSA) is 42.4 Å². The van der Waals surface area contributed by atoms with Crippen LogP contribution in [0.25, 0.3) is 0 Å². The molecule has 20 heavy (non-hydrogen) atoms. The number of aromatic nitrogens is 1. The number of carbonyl (C=O) groups is 1. The van der Waals surface area contributed by atoms with E-state index < -0.39 is 0 Å². The normalized spacial score (nSPS) is 19.2. The number of amides is 1. The van der Waals surface area contributed by atoms with E-state index in [1.165, 1.54) is 0 Å². The van der Waals surface area contributed by atoms with E-state index in [2.05, 4.69) is 4.98 Å². The summed E-state index contributed by atoms with van der Waals surface area (Å²) in [6.07, 6.45) is 0.470. The lowest BCUT2D eigenvalue weighted by Crippen LogP contribution is -2.44. The maximum absolute atomic E-state index is 12.5. The number of hydrogen-bond donors (Lipinski definition) is 0. The number of thiophene rings is 1. The van der Waals surface area contributed by atoms with E-state index in [9.17, 15) is 4.79 Å². The zero-order chi connectivity index (χ0) is 13.9. The summed E-state index contributed by atoms with van der Waals surface area (Å²) in [7, 11) is 0. The van der Waals surface area contributed by atoms with Gasteiger partial charge in [0.2, 0.25) is 5.91 Å². The number of carbonyl (C=O) groups excluding carboxylic acids is 1. The molecule has 1 saturated heterocycles. The summed E-state index contributed by atoms with van der Waals surface area (Å²) in [4.78, 5) is 20.0. The van der Waals surface area contributed by atoms with Crippen molar-refractivity contribution in [2.75, 3.05) is 19.8 Å². The van der Waals surface area contributed by atoms with Gasteiger partial charge in [-0.15, -0.1) is 22.7 Å². The van der Waals surface area contributed by atoms with Crippen molar-refractivity contribution in [3.63, 3.8) is 0 Å². The molecule has 1 atom stereocenters. The number of hydrogen-bond acceptors (Lipinski definition) is 5. The smallest absolute Gasteiger partial charge is 0.228 e. The van der Waals surface area contributed by atoms with Gasteiger partial charge in [-0.2, -0.15) is 0 Å². The second-order valence-electron chi connectivity index (χ2n) is 4.73. The third-order valence-corrected chi connectivity index (χ3v) is 5.00. The van der Waals surface area contributed by atoms with Crippen LogP contribution >= 0.6 is 22.7 Å². The molecule has 0 aromatic carbocycles. The zero-order valence-electron chi connectivity index (χ0n) is 11.2. The Hall–Kier alpha value is -1.24. The molecule has 0 aliphatic carbocycles. The average molecular weight is 308 g/mol. The molecule has 1 aliphatic rings. The summed E-state index contributed by atoms with van der Waals surface area (Å²) in [5.41, 5.74) is 0.951. The summed E-state index contributed by atoms with van der Waals surface area (Å²) < 4.78 is 5.53. The van der Waals surface area contributed by atoms with Gasteiger partial charge in [-0.1, -0.05) is 6.07 Å². The molecule has 0 unspecified atom stereocenters. The second kappa shape index (κ2) is 6.03. The minimum Gasteiger partial charge on any atom is -0.377 e. The Kier molecular flexibility index (Phi) is 4.14. The fraction of sp³-hybridized carbons (Fsp3) is 0.429. The Morgan fingerprint density at radius 3 is 3.15 bits per heavy atom. The van der Waals surface area contributed by atoms with Crippen LogP contribution in [0.15, 0.2) is 22.9 Å². The third-order valence-electron chi connectivity index (χ3n) is 3.33. The van der Waals surface area contributed by atoms with Crippen LogP contribution < -0.4 is 0 Å². The molecule has 1 fully saturated rings. The minimum absolute atomic E-state index is 0.0406. The Balaban J connectivity index is 1.76. The quantitative estimate of drug-likeness (QED) is 0.875. The molecule has 0 radical (unpaired) electrons. The van der Waals surface area contributed by atoms with Gasteiger partial charge in [0.05, 0.1) is 36.4 Å². The van der Waals surface area contributed by atoms with Gasteiger partial charge in [0, 0.05) is 16.8 Å². The van der Waals surface area contributed by atoms with E-state index in [4.69, 9.17) is 4.74 Å². The van der Waals surface area contributed by atoms with Gasteiger partial charge in [-0.25, -0.2) is 4.98 Å². The number of thiazole rings is 1. The van der Waals surface area contributed by atoms with E-state index in [1.54, 1.807) is 22.7 Å². The number of rotatable bonds is 3. The van der Waals surface area contributed by atoms with Crippen LogP contribution in [0.3, 0.4) is 0 Å². The predicted octanol–water partition coefficient (Wildman–Crippen LogP) is 2.66. The first-order valence-corrected chi connectivity index (χ1v) is 8.31. The van der Waals surface area contributed by atoms with Gasteiger partial charge >= 0.3 is 0 Å². The highest BCUT2D eigenvalue weighted by Crippen LogP contribution is 2.26. The molecule has 3 heterocycles. The summed E-state index contributed by atoms with van der Waals surface area (Å²) in [6, 6.07) is 3.94. The van der Waals surface area contributed by atoms with E-state index in [0.717, 1.165) is 15.6 Å². The van der Waals surface area contributed by atoms with Crippen molar-refractivity contribution in [2.45, 2.75) is 19.4 Å². The van der Waals surface area contributed by atoms with Crippen LogP contribution in [-0.4, -0.2) is 35.5 Å². The summed E-state index contributed by atoms with van der Waals surface area (Å²) in [5, 5.41) is 5.06. The minimum atomic E-state index is -0.0406. The Labute approximate surface area is 126 Å². The molecular formula is C14H16N2O2S2. The van der Waals surface area contributed by atoms with Crippen molar-refractivity contribution in [3.05, 3.63) is 38.5 Å². The number of aryl methyl sites for hydroxylation is 1. The molecule has 1 aliphatic heterocycles. The van der Waals surface area contributed by atoms with Crippen LogP contribution in [-0.2, 0) is 16.0 Å². The largest absolute Gasteiger partial charge is 0.377 e. The number of morpholine rings is 1. The lowest BCUT2D eigenvalue weighted by molar-refractivity contribution is -0.139. The van der Waals surface area contributed by atoms with Gasteiger partial charge in [0.25, 0.3) is 0 Å². The first-order valence-electron chi connectivity index (χ1n) is 6.55. The van der Waals surface area contributed by atoms with Crippen molar-refractivity contribution < 1.29 is 9.53 Å². The van der Waals surface area contributed by atoms with Gasteiger partial charge < -0.3 is 9.64 Å². The van der Waals surface area contributed by atoms with Crippen LogP contribution in [0.5, 0.6) is 0 Å². The van der Waals surface area contributed by atoms with Crippen molar-refractivity contribution in [1.82, 2.24) is 9.88 Å². The molecule has 106 valence electrons. The first-order chi connectivity index (χ1) is 9.74. The van der Waals surface area contributed by atoms with Crippen LogP contribution in [0.4, 0.5) is 0 Å². The number of nitrogens with zero attached hydrogens (tertiary/aromatic N) is 2. The second-order valence-corrected chi connectivity index (χ2v) is 6.82. The Morgan fingerprint density at radius 1 is 1.55 bits per heavy atom. The molecule has 6 heteroatoms. The summed E-state index contributed by atoms with van der Waals surface area (Å²) in [6.45, 7) is 3.77. The molecule has 0 bridgehead atoms. The van der Waals surface area contributed by atoms with E-state index in [-0.39, 0.29) is 11.9 Å². The highest BCUT2D eigenvalue weighted by atomic mass is 32.1. The maximum Gasteiger partial charge on any atom is 0.228 e. The molecule has 0 spiro atoms. The molecule has 2 aromatic heterocycles. The highest BCUT2D eigenvalue weighted by molar-refractivity contribution is 7.10. The third kappa shape index (κ3) is 2.92. The van der Waals surface area contributed by atoms with Crippen LogP contribution in [0.2, 0.25) is 0 Å². The van der Waals surface area contributed by atoms with E-state index in [0.29, 0.717) is 26.2 Å². The van der Waals surface area contributed by atoms with Gasteiger partial charge in [-0.05, 0) is 18.4 Å². The standard InChI is InChI=1S/C14H16N2O2S2/c1-10-15-12(9-20-10)13-8-18-5-4-16(13)14(17)7-11-3-2-6-19-11/h2-3,6,9,13H,4-5,7-8H2,1H3/t13-/m0/s1. The summed E-state index contributed by atoms with van der Waals surface area (Å²) in [5.74, 6) is 0.159. The van der Waals surface area contributed by atoms with Crippen molar-refractivity contribution in [2.24, 2.45) is 0 Å². The predicted molar refractivity (Wildman–Crippen MR) is 80.1 cm³/mol. The van der Waals surface area contributed by atoms with E-state index >= 15 is 0 Å². The van der Waals surface area contributed by atoms with Crippen LogP contribution in [0.1, 0.15) is 21.6 Å². The molecule has 0 saturated carbocycles. The number of ether oxygens (including phenoxy) is 1. The van der Waals surface area contributed by atoms with Crippen molar-refractivity contribution >= 4 is 28.6 Å². The molecule has 4 nitrogen and oxygen atoms in total. The Morgan fingerprint density at radius 2 is 2.45 bits per heavy atom. The van der Waals surface area contributed by atoms with E-state index in [1.807, 2.05) is 34.7 Å². The maximum atomic E-state index is 12.5. The van der Waals surface area contributed by atoms with Gasteiger partial charge in [0.15, 0.2) is 0 Å². The molecule has 0 N–H and O–H groups in total. The fourth-order valence-corrected chi connectivity index (χ4v) is 3.70. The molecule has 2 aromatic rings. The highest BCUT2D eigenvalue weighted by Gasteiger charge is 2.30. The molecule has 1 amide bonds. The lowest BCUT2D eigenvalue weighted by atomic mass is 10.1. The summed E-state index contributed by atoms with van der Waals surface area (Å²) >= 11 is 3.24. The molecular weight excluding hydrogens is 292 g/mol.